The van der Waals surface area contributed by atoms with E-state index in [9.17, 15) is 22.4 Å². The van der Waals surface area contributed by atoms with Crippen molar-refractivity contribution < 1.29 is 22.4 Å². The topological polar surface area (TPSA) is 90.0 Å². The van der Waals surface area contributed by atoms with Crippen molar-refractivity contribution in [3.63, 3.8) is 0 Å². The smallest absolute Gasteiger partial charge is 0.304 e. The van der Waals surface area contributed by atoms with Gasteiger partial charge in [-0.15, -0.1) is 0 Å². The maximum Gasteiger partial charge on any atom is 0.304 e. The molecule has 2 rings (SSSR count). The van der Waals surface area contributed by atoms with E-state index in [-0.39, 0.29) is 18.1 Å². The molecule has 1 unspecified atom stereocenters. The molecule has 198 valence electrons. The third-order valence-corrected chi connectivity index (χ3v) is 7.65. The molecule has 0 saturated heterocycles. The van der Waals surface area contributed by atoms with Gasteiger partial charge in [0.15, 0.2) is 0 Å². The molecule has 0 radical (unpaired) electrons. The molecule has 8 nitrogen and oxygen atoms in total. The van der Waals surface area contributed by atoms with Gasteiger partial charge in [0.2, 0.25) is 11.8 Å². The Morgan fingerprint density at radius 3 is 2.19 bits per heavy atom. The number of carbonyl (C=O) groups excluding carboxylic acids is 2. The van der Waals surface area contributed by atoms with Crippen LogP contribution in [0, 0.1) is 5.82 Å². The van der Waals surface area contributed by atoms with Gasteiger partial charge in [-0.2, -0.15) is 12.7 Å². The minimum absolute atomic E-state index is 0.155. The van der Waals surface area contributed by atoms with Crippen molar-refractivity contribution >= 4 is 27.7 Å². The van der Waals surface area contributed by atoms with E-state index in [1.54, 1.807) is 0 Å². The summed E-state index contributed by atoms with van der Waals surface area (Å²) in [6, 6.07) is 13.7. The van der Waals surface area contributed by atoms with E-state index in [4.69, 9.17) is 0 Å². The van der Waals surface area contributed by atoms with Gasteiger partial charge in [0, 0.05) is 27.2 Å². The number of anilines is 1. The Bertz CT molecular complexity index is 1080. The van der Waals surface area contributed by atoms with Crippen LogP contribution in [0.5, 0.6) is 0 Å². The number of nitrogens with one attached hydrogen (secondary N) is 1. The van der Waals surface area contributed by atoms with Gasteiger partial charge in [0.1, 0.15) is 18.4 Å². The summed E-state index contributed by atoms with van der Waals surface area (Å²) in [5, 5.41) is 2.89. The number of hydrogen-bond acceptors (Lipinski definition) is 4. The number of unbranched alkanes of at least 4 members (excludes halogenated alkanes) is 1. The first-order chi connectivity index (χ1) is 17.1. The summed E-state index contributed by atoms with van der Waals surface area (Å²) in [6.45, 7) is 4.06. The van der Waals surface area contributed by atoms with Gasteiger partial charge in [0.05, 0.1) is 5.69 Å². The Balaban J connectivity index is 2.38. The molecule has 0 bridgehead atoms. The molecule has 2 aromatic carbocycles. The molecule has 2 amide bonds. The highest BCUT2D eigenvalue weighted by Crippen LogP contribution is 2.21. The fourth-order valence-electron chi connectivity index (χ4n) is 3.73. The van der Waals surface area contributed by atoms with E-state index in [1.807, 2.05) is 44.2 Å². The Kier molecular flexibility index (Phi) is 11.3. The molecule has 2 aromatic rings. The zero-order chi connectivity index (χ0) is 26.7. The van der Waals surface area contributed by atoms with Crippen LogP contribution in [0.15, 0.2) is 54.6 Å². The van der Waals surface area contributed by atoms with Crippen LogP contribution < -0.4 is 9.62 Å². The average molecular weight is 521 g/mol. The third kappa shape index (κ3) is 8.03. The first-order valence-corrected chi connectivity index (χ1v) is 13.6. The van der Waals surface area contributed by atoms with Crippen molar-refractivity contribution in [3.05, 3.63) is 66.0 Å². The molecule has 0 saturated carbocycles. The lowest BCUT2D eigenvalue weighted by molar-refractivity contribution is -0.139. The number of carbonyl (C=O) groups is 2. The number of benzene rings is 2. The van der Waals surface area contributed by atoms with Crippen LogP contribution in [-0.2, 0) is 26.2 Å². The number of halogens is 1. The third-order valence-electron chi connectivity index (χ3n) is 5.83. The number of hydrogen-bond donors (Lipinski definition) is 1. The summed E-state index contributed by atoms with van der Waals surface area (Å²) in [4.78, 5) is 28.1. The zero-order valence-electron chi connectivity index (χ0n) is 21.5. The molecular formula is C26H37FN4O4S. The number of amides is 2. The molecule has 0 fully saturated rings. The van der Waals surface area contributed by atoms with E-state index in [2.05, 4.69) is 5.32 Å². The zero-order valence-corrected chi connectivity index (χ0v) is 22.3. The number of nitrogens with zero attached hydrogens (tertiary/aromatic N) is 3. The maximum absolute atomic E-state index is 13.7. The van der Waals surface area contributed by atoms with Crippen molar-refractivity contribution in [1.29, 1.82) is 0 Å². The van der Waals surface area contributed by atoms with Crippen molar-refractivity contribution in [2.24, 2.45) is 0 Å². The fraction of sp³-hybridized carbons (Fsp3) is 0.462. The van der Waals surface area contributed by atoms with Crippen LogP contribution in [0.4, 0.5) is 10.1 Å². The molecule has 0 heterocycles. The summed E-state index contributed by atoms with van der Waals surface area (Å²) < 4.78 is 41.7. The second-order valence-corrected chi connectivity index (χ2v) is 10.7. The standard InChI is InChI=1S/C26H37FN4O4S/c1-5-7-18-28-26(33)24(6-2)30(19-17-21-11-9-8-10-12-21)25(32)20-31(36(34,35)29(3)4)23-15-13-22(27)14-16-23/h8-16,24H,5-7,17-20H2,1-4H3,(H,28,33). The predicted molar refractivity (Wildman–Crippen MR) is 140 cm³/mol. The van der Waals surface area contributed by atoms with Crippen LogP contribution in [0.3, 0.4) is 0 Å². The minimum Gasteiger partial charge on any atom is -0.354 e. The summed E-state index contributed by atoms with van der Waals surface area (Å²) in [6.07, 6.45) is 2.61. The van der Waals surface area contributed by atoms with Crippen molar-refractivity contribution in [2.75, 3.05) is 38.0 Å². The molecule has 0 spiro atoms. The molecule has 36 heavy (non-hydrogen) atoms. The lowest BCUT2D eigenvalue weighted by atomic mass is 10.1. The van der Waals surface area contributed by atoms with Crippen LogP contribution >= 0.6 is 0 Å². The molecule has 1 atom stereocenters. The maximum atomic E-state index is 13.7. The van der Waals surface area contributed by atoms with Crippen LogP contribution in [0.1, 0.15) is 38.7 Å². The second kappa shape index (κ2) is 13.9. The molecule has 1 N–H and O–H groups in total. The summed E-state index contributed by atoms with van der Waals surface area (Å²) in [5.41, 5.74) is 1.15. The molecule has 0 aliphatic rings. The highest BCUT2D eigenvalue weighted by molar-refractivity contribution is 7.90. The van der Waals surface area contributed by atoms with Gasteiger partial charge in [-0.25, -0.2) is 8.70 Å². The quantitative estimate of drug-likeness (QED) is 0.388. The van der Waals surface area contributed by atoms with Crippen LogP contribution in [0.2, 0.25) is 0 Å². The highest BCUT2D eigenvalue weighted by Gasteiger charge is 2.33. The van der Waals surface area contributed by atoms with Gasteiger partial charge in [-0.05, 0) is 49.1 Å². The Labute approximate surface area is 214 Å². The molecular weight excluding hydrogens is 483 g/mol. The Morgan fingerprint density at radius 2 is 1.64 bits per heavy atom. The first-order valence-electron chi connectivity index (χ1n) is 12.2. The predicted octanol–water partition coefficient (Wildman–Crippen LogP) is 3.20. The van der Waals surface area contributed by atoms with E-state index >= 15 is 0 Å². The summed E-state index contributed by atoms with van der Waals surface area (Å²) >= 11 is 0. The SMILES string of the molecule is CCCCNC(=O)C(CC)N(CCc1ccccc1)C(=O)CN(c1ccc(F)cc1)S(=O)(=O)N(C)C. The Hall–Kier alpha value is -2.98. The van der Waals surface area contributed by atoms with E-state index in [0.29, 0.717) is 19.4 Å². The minimum atomic E-state index is -4.07. The van der Waals surface area contributed by atoms with Crippen LogP contribution in [-0.4, -0.2) is 69.2 Å². The van der Waals surface area contributed by atoms with Gasteiger partial charge >= 0.3 is 10.2 Å². The molecule has 0 aromatic heterocycles. The lowest BCUT2D eigenvalue weighted by Gasteiger charge is -2.34. The molecule has 10 heteroatoms. The van der Waals surface area contributed by atoms with E-state index in [0.717, 1.165) is 39.1 Å². The average Bonchev–Trinajstić information content (AvgIpc) is 2.86. The van der Waals surface area contributed by atoms with Gasteiger partial charge in [-0.3, -0.25) is 9.59 Å². The monoisotopic (exact) mass is 520 g/mol. The Morgan fingerprint density at radius 1 is 1.00 bits per heavy atom. The highest BCUT2D eigenvalue weighted by atomic mass is 32.2. The summed E-state index contributed by atoms with van der Waals surface area (Å²) in [5.74, 6) is -1.30. The van der Waals surface area contributed by atoms with Crippen molar-refractivity contribution in [3.8, 4) is 0 Å². The van der Waals surface area contributed by atoms with E-state index in [1.165, 1.54) is 31.1 Å². The second-order valence-electron chi connectivity index (χ2n) is 8.66. The number of rotatable bonds is 14. The van der Waals surface area contributed by atoms with Gasteiger partial charge < -0.3 is 10.2 Å². The largest absolute Gasteiger partial charge is 0.354 e. The molecule has 0 aliphatic heterocycles. The van der Waals surface area contributed by atoms with Crippen LogP contribution in [0.25, 0.3) is 0 Å². The van der Waals surface area contributed by atoms with E-state index < -0.39 is 34.5 Å². The summed E-state index contributed by atoms with van der Waals surface area (Å²) in [7, 11) is -1.35. The lowest BCUT2D eigenvalue weighted by Crippen LogP contribution is -2.54. The first kappa shape index (κ1) is 29.3. The fourth-order valence-corrected chi connectivity index (χ4v) is 4.78. The van der Waals surface area contributed by atoms with Crippen molar-refractivity contribution in [2.45, 2.75) is 45.6 Å². The normalized spacial score (nSPS) is 12.3. The molecule has 0 aliphatic carbocycles. The van der Waals surface area contributed by atoms with Gasteiger partial charge in [0.25, 0.3) is 0 Å². The van der Waals surface area contributed by atoms with Gasteiger partial charge in [-0.1, -0.05) is 50.6 Å². The van der Waals surface area contributed by atoms with Crippen molar-refractivity contribution in [1.82, 2.24) is 14.5 Å².